The summed E-state index contributed by atoms with van der Waals surface area (Å²) in [5, 5.41) is 0. The number of rotatable bonds is 50. The molecule has 0 spiro atoms. The van der Waals surface area contributed by atoms with Crippen molar-refractivity contribution in [3.05, 3.63) is 48.6 Å². The Bertz CT molecular complexity index is 1120. The molecule has 0 aromatic carbocycles. The first kappa shape index (κ1) is 61.4. The maximum Gasteiger partial charge on any atom is 0.306 e. The van der Waals surface area contributed by atoms with Gasteiger partial charge in [0.2, 0.25) is 0 Å². The third-order valence-corrected chi connectivity index (χ3v) is 12.1. The molecule has 0 heterocycles. The van der Waals surface area contributed by atoms with E-state index in [9.17, 15) is 14.4 Å². The molecule has 0 saturated heterocycles. The molecule has 0 radical (unpaired) electrons. The van der Waals surface area contributed by atoms with Gasteiger partial charge in [0.25, 0.3) is 0 Å². The molecule has 1 unspecified atom stereocenters. The van der Waals surface area contributed by atoms with E-state index in [2.05, 4.69) is 69.4 Å². The van der Waals surface area contributed by atoms with Crippen molar-refractivity contribution in [2.45, 2.75) is 290 Å². The number of hydrogen-bond donors (Lipinski definition) is 0. The Labute approximate surface area is 397 Å². The molecule has 0 rings (SSSR count). The predicted octanol–water partition coefficient (Wildman–Crippen LogP) is 18.3. The van der Waals surface area contributed by atoms with E-state index in [-0.39, 0.29) is 31.1 Å². The van der Waals surface area contributed by atoms with Crippen molar-refractivity contribution in [1.82, 2.24) is 0 Å². The predicted molar refractivity (Wildman–Crippen MR) is 275 cm³/mol. The number of ether oxygens (including phenoxy) is 3. The second-order valence-electron chi connectivity index (χ2n) is 18.5. The Hall–Kier alpha value is -2.63. The van der Waals surface area contributed by atoms with Crippen molar-refractivity contribution >= 4 is 17.9 Å². The van der Waals surface area contributed by atoms with Crippen LogP contribution < -0.4 is 0 Å². The van der Waals surface area contributed by atoms with E-state index in [1.54, 1.807) is 0 Å². The van der Waals surface area contributed by atoms with Gasteiger partial charge in [0.05, 0.1) is 0 Å². The molecule has 6 heteroatoms. The first-order chi connectivity index (χ1) is 31.5. The van der Waals surface area contributed by atoms with Gasteiger partial charge in [-0.25, -0.2) is 0 Å². The molecule has 6 nitrogen and oxygen atoms in total. The van der Waals surface area contributed by atoms with Gasteiger partial charge in [-0.15, -0.1) is 0 Å². The zero-order valence-electron chi connectivity index (χ0n) is 42.6. The van der Waals surface area contributed by atoms with Crippen LogP contribution in [0.15, 0.2) is 48.6 Å². The van der Waals surface area contributed by atoms with Gasteiger partial charge >= 0.3 is 17.9 Å². The van der Waals surface area contributed by atoms with E-state index < -0.39 is 6.10 Å². The number of allylic oxidation sites excluding steroid dienone is 8. The lowest BCUT2D eigenvalue weighted by Crippen LogP contribution is -2.30. The van der Waals surface area contributed by atoms with Gasteiger partial charge in [0.1, 0.15) is 13.2 Å². The molecule has 0 aromatic rings. The van der Waals surface area contributed by atoms with Crippen LogP contribution in [0.5, 0.6) is 0 Å². The van der Waals surface area contributed by atoms with E-state index in [1.807, 2.05) is 0 Å². The van der Waals surface area contributed by atoms with Gasteiger partial charge in [-0.3, -0.25) is 14.4 Å². The number of hydrogen-bond acceptors (Lipinski definition) is 6. The SMILES string of the molecule is CC/C=C\C/C=C\C/C=C\C/C=C\CCCCCCCCCCCCCCCCC(=O)OCC(COC(=O)CCCCCCCCCC)OC(=O)CCCCCCCCCCCCC. The third-order valence-electron chi connectivity index (χ3n) is 12.1. The smallest absolute Gasteiger partial charge is 0.306 e. The van der Waals surface area contributed by atoms with Gasteiger partial charge in [-0.2, -0.15) is 0 Å². The summed E-state index contributed by atoms with van der Waals surface area (Å²) in [6.07, 6.45) is 64.1. The van der Waals surface area contributed by atoms with Crippen LogP contribution in [0.2, 0.25) is 0 Å². The highest BCUT2D eigenvalue weighted by Gasteiger charge is 2.19. The molecule has 0 aliphatic rings. The quantitative estimate of drug-likeness (QED) is 0.0262. The van der Waals surface area contributed by atoms with Gasteiger partial charge < -0.3 is 14.2 Å². The zero-order valence-corrected chi connectivity index (χ0v) is 42.6. The summed E-state index contributed by atoms with van der Waals surface area (Å²) in [5.41, 5.74) is 0. The maximum absolute atomic E-state index is 12.7. The Morgan fingerprint density at radius 3 is 0.953 bits per heavy atom. The molecule has 0 aromatic heterocycles. The Kier molecular flexibility index (Phi) is 50.8. The molecule has 0 aliphatic heterocycles. The van der Waals surface area contributed by atoms with Crippen LogP contribution in [-0.2, 0) is 28.6 Å². The normalized spacial score (nSPS) is 12.4. The minimum absolute atomic E-state index is 0.0686. The average Bonchev–Trinajstić information content (AvgIpc) is 3.29. The van der Waals surface area contributed by atoms with Gasteiger partial charge in [0.15, 0.2) is 6.10 Å². The number of carbonyl (C=O) groups is 3. The van der Waals surface area contributed by atoms with Crippen LogP contribution in [0.3, 0.4) is 0 Å². The molecule has 0 bridgehead atoms. The molecule has 0 N–H and O–H groups in total. The van der Waals surface area contributed by atoms with Crippen molar-refractivity contribution < 1.29 is 28.6 Å². The monoisotopic (exact) mass is 897 g/mol. The highest BCUT2D eigenvalue weighted by molar-refractivity contribution is 5.71. The summed E-state index contributed by atoms with van der Waals surface area (Å²) in [6.45, 7) is 6.51. The fraction of sp³-hybridized carbons (Fsp3) is 0.810. The first-order valence-electron chi connectivity index (χ1n) is 27.6. The molecular formula is C58H104O6. The topological polar surface area (TPSA) is 78.9 Å². The van der Waals surface area contributed by atoms with Crippen LogP contribution in [0, 0.1) is 0 Å². The van der Waals surface area contributed by atoms with Crippen molar-refractivity contribution in [2.24, 2.45) is 0 Å². The van der Waals surface area contributed by atoms with Crippen molar-refractivity contribution in [3.63, 3.8) is 0 Å². The standard InChI is InChI=1S/C58H104O6/c1-4-7-10-13-16-19-21-22-23-24-25-26-27-28-29-30-31-32-33-34-35-36-38-39-42-45-48-51-57(60)63-54-55(53-62-56(59)50-47-44-41-18-15-12-9-6-3)64-58(61)52-49-46-43-40-37-20-17-14-11-8-5-2/h7,10,16,19,22-23,25-26,55H,4-6,8-9,11-15,17-18,20-21,24,27-54H2,1-3H3/b10-7-,19-16-,23-22-,26-25-. The minimum Gasteiger partial charge on any atom is -0.462 e. The third kappa shape index (κ3) is 50.4. The molecule has 372 valence electrons. The molecule has 0 aliphatic carbocycles. The molecule has 64 heavy (non-hydrogen) atoms. The number of esters is 3. The molecule has 1 atom stereocenters. The second kappa shape index (κ2) is 53.0. The first-order valence-corrected chi connectivity index (χ1v) is 27.6. The van der Waals surface area contributed by atoms with Gasteiger partial charge in [0, 0.05) is 19.3 Å². The van der Waals surface area contributed by atoms with E-state index in [4.69, 9.17) is 14.2 Å². The van der Waals surface area contributed by atoms with Crippen LogP contribution in [0.4, 0.5) is 0 Å². The summed E-state index contributed by atoms with van der Waals surface area (Å²) in [7, 11) is 0. The lowest BCUT2D eigenvalue weighted by Gasteiger charge is -2.18. The van der Waals surface area contributed by atoms with Gasteiger partial charge in [-0.05, 0) is 57.8 Å². The fourth-order valence-electron chi connectivity index (χ4n) is 7.96. The lowest BCUT2D eigenvalue weighted by molar-refractivity contribution is -0.167. The summed E-state index contributed by atoms with van der Waals surface area (Å²) in [6, 6.07) is 0. The molecule has 0 fully saturated rings. The van der Waals surface area contributed by atoms with Crippen molar-refractivity contribution in [1.29, 1.82) is 0 Å². The Morgan fingerprint density at radius 2 is 0.609 bits per heavy atom. The largest absolute Gasteiger partial charge is 0.462 e. The fourth-order valence-corrected chi connectivity index (χ4v) is 7.96. The molecule has 0 saturated carbocycles. The second-order valence-corrected chi connectivity index (χ2v) is 18.5. The van der Waals surface area contributed by atoms with Crippen LogP contribution >= 0.6 is 0 Å². The van der Waals surface area contributed by atoms with Crippen LogP contribution in [0.1, 0.15) is 284 Å². The Morgan fingerprint density at radius 1 is 0.328 bits per heavy atom. The van der Waals surface area contributed by atoms with E-state index in [0.717, 1.165) is 83.5 Å². The summed E-state index contributed by atoms with van der Waals surface area (Å²) < 4.78 is 16.8. The average molecular weight is 897 g/mol. The van der Waals surface area contributed by atoms with Crippen LogP contribution in [0.25, 0.3) is 0 Å². The van der Waals surface area contributed by atoms with E-state index in [0.29, 0.717) is 19.3 Å². The highest BCUT2D eigenvalue weighted by Crippen LogP contribution is 2.16. The number of carbonyl (C=O) groups excluding carboxylic acids is 3. The highest BCUT2D eigenvalue weighted by atomic mass is 16.6. The number of unbranched alkanes of at least 4 members (excludes halogenated alkanes) is 31. The summed E-state index contributed by atoms with van der Waals surface area (Å²) in [5.74, 6) is -0.863. The van der Waals surface area contributed by atoms with Crippen molar-refractivity contribution in [3.8, 4) is 0 Å². The van der Waals surface area contributed by atoms with E-state index in [1.165, 1.54) is 161 Å². The maximum atomic E-state index is 12.7. The van der Waals surface area contributed by atoms with E-state index >= 15 is 0 Å². The summed E-state index contributed by atoms with van der Waals surface area (Å²) >= 11 is 0. The zero-order chi connectivity index (χ0) is 46.5. The van der Waals surface area contributed by atoms with Gasteiger partial charge in [-0.1, -0.05) is 256 Å². The molecular weight excluding hydrogens is 793 g/mol. The summed E-state index contributed by atoms with van der Waals surface area (Å²) in [4.78, 5) is 37.8. The molecule has 0 amide bonds. The lowest BCUT2D eigenvalue weighted by atomic mass is 10.0. The van der Waals surface area contributed by atoms with Crippen molar-refractivity contribution in [2.75, 3.05) is 13.2 Å². The van der Waals surface area contributed by atoms with Crippen LogP contribution in [-0.4, -0.2) is 37.2 Å². The Balaban J connectivity index is 4.07. The minimum atomic E-state index is -0.765.